The van der Waals surface area contributed by atoms with E-state index in [4.69, 9.17) is 9.94 Å². The van der Waals surface area contributed by atoms with Gasteiger partial charge in [0.15, 0.2) is 0 Å². The number of rotatable bonds is 0. The molecule has 48 valence electrons. The highest BCUT2D eigenvalue weighted by Gasteiger charge is 2.31. The van der Waals surface area contributed by atoms with Crippen molar-refractivity contribution in [3.63, 3.8) is 0 Å². The number of ether oxygens (including phenoxy) is 1. The van der Waals surface area contributed by atoms with E-state index in [1.807, 2.05) is 13.8 Å². The predicted molar refractivity (Wildman–Crippen MR) is 28.5 cm³/mol. The Morgan fingerprint density at radius 1 is 1.62 bits per heavy atom. The van der Waals surface area contributed by atoms with Crippen LogP contribution < -0.4 is 0 Å². The first-order chi connectivity index (χ1) is 3.63. The summed E-state index contributed by atoms with van der Waals surface area (Å²) in [7, 11) is 0. The van der Waals surface area contributed by atoms with Gasteiger partial charge in [-0.1, -0.05) is 0 Å². The molecule has 0 aromatic carbocycles. The Hall–Kier alpha value is -0.120. The lowest BCUT2D eigenvalue weighted by atomic mass is 10.1. The van der Waals surface area contributed by atoms with E-state index in [1.54, 1.807) is 0 Å². The normalized spacial score (nSPS) is 28.9. The van der Waals surface area contributed by atoms with E-state index >= 15 is 0 Å². The van der Waals surface area contributed by atoms with Crippen molar-refractivity contribution in [1.82, 2.24) is 5.06 Å². The van der Waals surface area contributed by atoms with Crippen LogP contribution in [0, 0.1) is 0 Å². The molecular formula is C5H11NO2. The highest BCUT2D eigenvalue weighted by Crippen LogP contribution is 2.17. The van der Waals surface area contributed by atoms with E-state index in [1.165, 1.54) is 5.06 Å². The lowest BCUT2D eigenvalue weighted by molar-refractivity contribution is -0.146. The molecule has 8 heavy (non-hydrogen) atoms. The van der Waals surface area contributed by atoms with Gasteiger partial charge in [0, 0.05) is 0 Å². The van der Waals surface area contributed by atoms with Crippen molar-refractivity contribution < 1.29 is 9.94 Å². The zero-order valence-corrected chi connectivity index (χ0v) is 5.22. The van der Waals surface area contributed by atoms with E-state index in [-0.39, 0.29) is 5.54 Å². The molecule has 0 aliphatic carbocycles. The number of nitrogens with zero attached hydrogens (tertiary/aromatic N) is 1. The summed E-state index contributed by atoms with van der Waals surface area (Å²) in [6.45, 7) is 4.82. The zero-order valence-electron chi connectivity index (χ0n) is 5.22. The van der Waals surface area contributed by atoms with Gasteiger partial charge in [-0.15, -0.1) is 0 Å². The van der Waals surface area contributed by atoms with Crippen molar-refractivity contribution in [2.75, 3.05) is 13.3 Å². The van der Waals surface area contributed by atoms with Crippen molar-refractivity contribution >= 4 is 0 Å². The second-order valence-corrected chi connectivity index (χ2v) is 2.69. The average molecular weight is 117 g/mol. The third-order valence-electron chi connectivity index (χ3n) is 1.37. The molecule has 1 fully saturated rings. The molecule has 1 saturated heterocycles. The summed E-state index contributed by atoms with van der Waals surface area (Å²) in [5.41, 5.74) is -0.181. The highest BCUT2D eigenvalue weighted by molar-refractivity contribution is 4.77. The van der Waals surface area contributed by atoms with Gasteiger partial charge in [-0.2, -0.15) is 5.06 Å². The Bertz CT molecular complexity index is 92.4. The molecule has 1 heterocycles. The van der Waals surface area contributed by atoms with Crippen LogP contribution in [-0.2, 0) is 4.74 Å². The van der Waals surface area contributed by atoms with Crippen molar-refractivity contribution in [2.45, 2.75) is 19.4 Å². The quantitative estimate of drug-likeness (QED) is 0.500. The van der Waals surface area contributed by atoms with Crippen molar-refractivity contribution in [1.29, 1.82) is 0 Å². The molecule has 3 heteroatoms. The molecule has 0 amide bonds. The molecule has 3 nitrogen and oxygen atoms in total. The largest absolute Gasteiger partial charge is 0.362 e. The average Bonchev–Trinajstić information content (AvgIpc) is 1.86. The van der Waals surface area contributed by atoms with Crippen molar-refractivity contribution in [3.05, 3.63) is 0 Å². The minimum Gasteiger partial charge on any atom is -0.362 e. The topological polar surface area (TPSA) is 32.7 Å². The van der Waals surface area contributed by atoms with Crippen LogP contribution in [0.5, 0.6) is 0 Å². The summed E-state index contributed by atoms with van der Waals surface area (Å²) < 4.78 is 4.95. The molecule has 0 bridgehead atoms. The molecule has 0 aromatic rings. The van der Waals surface area contributed by atoms with Gasteiger partial charge in [-0.3, -0.25) is 0 Å². The fraction of sp³-hybridized carbons (Fsp3) is 1.00. The Morgan fingerprint density at radius 2 is 2.25 bits per heavy atom. The second-order valence-electron chi connectivity index (χ2n) is 2.69. The summed E-state index contributed by atoms with van der Waals surface area (Å²) in [5, 5.41) is 10.2. The summed E-state index contributed by atoms with van der Waals surface area (Å²) in [6, 6.07) is 0. The van der Waals surface area contributed by atoms with Gasteiger partial charge in [-0.05, 0) is 13.8 Å². The third kappa shape index (κ3) is 0.844. The maximum atomic E-state index is 8.97. The minimum absolute atomic E-state index is 0.181. The third-order valence-corrected chi connectivity index (χ3v) is 1.37. The SMILES string of the molecule is CC1(C)COCN1O. The van der Waals surface area contributed by atoms with E-state index in [9.17, 15) is 0 Å². The van der Waals surface area contributed by atoms with Crippen LogP contribution in [0.2, 0.25) is 0 Å². The van der Waals surface area contributed by atoms with Gasteiger partial charge in [0.05, 0.1) is 12.1 Å². The van der Waals surface area contributed by atoms with Crippen LogP contribution in [0.25, 0.3) is 0 Å². The van der Waals surface area contributed by atoms with Crippen LogP contribution in [-0.4, -0.2) is 29.1 Å². The molecular weight excluding hydrogens is 106 g/mol. The molecule has 0 saturated carbocycles. The smallest absolute Gasteiger partial charge is 0.122 e. The molecule has 0 atom stereocenters. The molecule has 0 unspecified atom stereocenters. The van der Waals surface area contributed by atoms with E-state index in [0.717, 1.165) is 0 Å². The molecule has 1 N–H and O–H groups in total. The summed E-state index contributed by atoms with van der Waals surface area (Å²) >= 11 is 0. The molecule has 0 radical (unpaired) electrons. The van der Waals surface area contributed by atoms with Crippen molar-refractivity contribution in [3.8, 4) is 0 Å². The Morgan fingerprint density at radius 3 is 2.38 bits per heavy atom. The van der Waals surface area contributed by atoms with Gasteiger partial charge in [0.1, 0.15) is 6.73 Å². The zero-order chi connectivity index (χ0) is 6.20. The first-order valence-electron chi connectivity index (χ1n) is 2.67. The summed E-state index contributed by atoms with van der Waals surface area (Å²) in [5.74, 6) is 0. The lowest BCUT2D eigenvalue weighted by Crippen LogP contribution is -2.37. The van der Waals surface area contributed by atoms with Gasteiger partial charge in [0.25, 0.3) is 0 Å². The molecule has 0 spiro atoms. The standard InChI is InChI=1S/C5H11NO2/c1-5(2)3-8-4-6(5)7/h7H,3-4H2,1-2H3. The lowest BCUT2D eigenvalue weighted by Gasteiger charge is -2.21. The minimum atomic E-state index is -0.181. The van der Waals surface area contributed by atoms with Crippen LogP contribution in [0.4, 0.5) is 0 Å². The fourth-order valence-electron chi connectivity index (χ4n) is 0.631. The van der Waals surface area contributed by atoms with Gasteiger partial charge in [-0.25, -0.2) is 0 Å². The van der Waals surface area contributed by atoms with E-state index in [0.29, 0.717) is 13.3 Å². The van der Waals surface area contributed by atoms with Gasteiger partial charge >= 0.3 is 0 Å². The molecule has 1 aliphatic rings. The number of hydrogen-bond donors (Lipinski definition) is 1. The number of hydroxylamine groups is 2. The maximum absolute atomic E-state index is 8.97. The van der Waals surface area contributed by atoms with Crippen LogP contribution in [0.1, 0.15) is 13.8 Å². The van der Waals surface area contributed by atoms with Crippen LogP contribution in [0.3, 0.4) is 0 Å². The Labute approximate surface area is 48.8 Å². The van der Waals surface area contributed by atoms with Crippen molar-refractivity contribution in [2.24, 2.45) is 0 Å². The van der Waals surface area contributed by atoms with Gasteiger partial charge < -0.3 is 9.94 Å². The summed E-state index contributed by atoms with van der Waals surface area (Å²) in [4.78, 5) is 0. The van der Waals surface area contributed by atoms with E-state index < -0.39 is 0 Å². The first-order valence-corrected chi connectivity index (χ1v) is 2.67. The second kappa shape index (κ2) is 1.69. The summed E-state index contributed by atoms with van der Waals surface area (Å²) in [6.07, 6.45) is 0. The predicted octanol–water partition coefficient (Wildman–Crippen LogP) is 0.444. The van der Waals surface area contributed by atoms with E-state index in [2.05, 4.69) is 0 Å². The fourth-order valence-corrected chi connectivity index (χ4v) is 0.631. The highest BCUT2D eigenvalue weighted by atomic mass is 16.6. The monoisotopic (exact) mass is 117 g/mol. The Kier molecular flexibility index (Phi) is 1.27. The van der Waals surface area contributed by atoms with Crippen LogP contribution >= 0.6 is 0 Å². The van der Waals surface area contributed by atoms with Gasteiger partial charge in [0.2, 0.25) is 0 Å². The first kappa shape index (κ1) is 6.01. The Balaban J connectivity index is 2.54. The molecule has 1 rings (SSSR count). The number of hydrogen-bond acceptors (Lipinski definition) is 3. The van der Waals surface area contributed by atoms with Crippen LogP contribution in [0.15, 0.2) is 0 Å². The maximum Gasteiger partial charge on any atom is 0.122 e. The molecule has 0 aromatic heterocycles. The molecule has 1 aliphatic heterocycles.